The maximum absolute atomic E-state index is 12.3. The Kier molecular flexibility index (Phi) is 5.17. The molecule has 0 saturated heterocycles. The predicted molar refractivity (Wildman–Crippen MR) is 106 cm³/mol. The lowest BCUT2D eigenvalue weighted by Gasteiger charge is -2.12. The minimum Gasteiger partial charge on any atom is -0.356 e. The summed E-state index contributed by atoms with van der Waals surface area (Å²) in [5.74, 6) is 0.135. The summed E-state index contributed by atoms with van der Waals surface area (Å²) in [4.78, 5) is 26.0. The zero-order chi connectivity index (χ0) is 18.6. The second-order valence-corrected chi connectivity index (χ2v) is 8.19. The van der Waals surface area contributed by atoms with E-state index in [-0.39, 0.29) is 11.8 Å². The van der Waals surface area contributed by atoms with Gasteiger partial charge in [-0.25, -0.2) is 0 Å². The van der Waals surface area contributed by atoms with Gasteiger partial charge < -0.3 is 5.32 Å². The summed E-state index contributed by atoms with van der Waals surface area (Å²) in [5, 5.41) is 12.3. The number of carbonyl (C=O) groups is 2. The van der Waals surface area contributed by atoms with Crippen LogP contribution in [-0.2, 0) is 6.54 Å². The minimum absolute atomic E-state index is 0.223. The molecule has 3 aromatic rings. The number of nitrogens with one attached hydrogen (secondary N) is 1. The van der Waals surface area contributed by atoms with Crippen LogP contribution < -0.4 is 5.32 Å². The molecule has 2 aromatic carbocycles. The average molecular weight is 396 g/mol. The van der Waals surface area contributed by atoms with Crippen molar-refractivity contribution in [3.63, 3.8) is 0 Å². The monoisotopic (exact) mass is 396 g/mol. The molecule has 27 heavy (non-hydrogen) atoms. The van der Waals surface area contributed by atoms with Crippen LogP contribution in [0.5, 0.6) is 0 Å². The molecule has 2 heterocycles. The molecule has 136 valence electrons. The van der Waals surface area contributed by atoms with Gasteiger partial charge in [0.2, 0.25) is 5.13 Å². The number of hydrogen-bond acceptors (Lipinski definition) is 7. The Balaban J connectivity index is 1.28. The van der Waals surface area contributed by atoms with Crippen molar-refractivity contribution in [3.8, 4) is 0 Å². The molecule has 4 rings (SSSR count). The third kappa shape index (κ3) is 3.86. The molecule has 6 nitrogen and oxygen atoms in total. The van der Waals surface area contributed by atoms with Gasteiger partial charge in [0.1, 0.15) is 0 Å². The van der Waals surface area contributed by atoms with Crippen LogP contribution in [-0.4, -0.2) is 39.2 Å². The topological polar surface area (TPSA) is 75.2 Å². The summed E-state index contributed by atoms with van der Waals surface area (Å²) in [6.07, 6.45) is 0. The molecule has 2 amide bonds. The third-order valence-electron chi connectivity index (χ3n) is 4.11. The van der Waals surface area contributed by atoms with Gasteiger partial charge in [-0.1, -0.05) is 65.6 Å². The zero-order valence-corrected chi connectivity index (χ0v) is 15.9. The highest BCUT2D eigenvalue weighted by molar-refractivity contribution is 8.01. The quantitative estimate of drug-likeness (QED) is 0.486. The number of anilines is 1. The molecule has 0 unspecified atom stereocenters. The molecule has 8 heteroatoms. The van der Waals surface area contributed by atoms with E-state index in [4.69, 9.17) is 0 Å². The zero-order valence-electron chi connectivity index (χ0n) is 14.3. The van der Waals surface area contributed by atoms with Crippen LogP contribution in [0.1, 0.15) is 26.3 Å². The van der Waals surface area contributed by atoms with Gasteiger partial charge in [-0.15, -0.1) is 10.2 Å². The molecule has 1 aromatic heterocycles. The molecule has 0 radical (unpaired) electrons. The molecular formula is C19H16N4O2S2. The van der Waals surface area contributed by atoms with Crippen LogP contribution in [0.25, 0.3) is 0 Å². The van der Waals surface area contributed by atoms with Crippen molar-refractivity contribution < 1.29 is 9.59 Å². The van der Waals surface area contributed by atoms with E-state index in [2.05, 4.69) is 15.5 Å². The number of amides is 2. The number of imide groups is 1. The van der Waals surface area contributed by atoms with Gasteiger partial charge >= 0.3 is 0 Å². The van der Waals surface area contributed by atoms with Gasteiger partial charge in [-0.3, -0.25) is 14.5 Å². The van der Waals surface area contributed by atoms with Gasteiger partial charge in [0.15, 0.2) is 4.34 Å². The Hall–Kier alpha value is -2.71. The summed E-state index contributed by atoms with van der Waals surface area (Å²) < 4.78 is 0.808. The van der Waals surface area contributed by atoms with E-state index in [9.17, 15) is 9.59 Å². The van der Waals surface area contributed by atoms with E-state index in [1.807, 2.05) is 30.3 Å². The van der Waals surface area contributed by atoms with Gasteiger partial charge in [0.05, 0.1) is 11.1 Å². The van der Waals surface area contributed by atoms with Crippen LogP contribution in [0.15, 0.2) is 58.9 Å². The number of thioether (sulfide) groups is 1. The first-order valence-electron chi connectivity index (χ1n) is 8.42. The lowest BCUT2D eigenvalue weighted by atomic mass is 10.1. The third-order valence-corrected chi connectivity index (χ3v) is 6.11. The van der Waals surface area contributed by atoms with Crippen molar-refractivity contribution in [2.75, 3.05) is 17.6 Å². The van der Waals surface area contributed by atoms with Crippen LogP contribution >= 0.6 is 23.1 Å². The SMILES string of the molecule is O=C1c2ccccc2C(=O)N1CCSc1nnc(NCc2ccccc2)s1. The van der Waals surface area contributed by atoms with Gasteiger partial charge in [0.25, 0.3) is 11.8 Å². The maximum Gasteiger partial charge on any atom is 0.261 e. The van der Waals surface area contributed by atoms with Crippen molar-refractivity contribution in [3.05, 3.63) is 71.3 Å². The number of rotatable bonds is 7. The van der Waals surface area contributed by atoms with Crippen molar-refractivity contribution in [1.82, 2.24) is 15.1 Å². The Morgan fingerprint density at radius 3 is 2.30 bits per heavy atom. The lowest BCUT2D eigenvalue weighted by Crippen LogP contribution is -2.31. The molecule has 0 saturated carbocycles. The molecule has 1 aliphatic rings. The summed E-state index contributed by atoms with van der Waals surface area (Å²) >= 11 is 2.96. The molecule has 0 spiro atoms. The first-order chi connectivity index (χ1) is 13.2. The van der Waals surface area contributed by atoms with Crippen molar-refractivity contribution in [2.45, 2.75) is 10.9 Å². The van der Waals surface area contributed by atoms with Crippen molar-refractivity contribution >= 4 is 40.0 Å². The van der Waals surface area contributed by atoms with E-state index in [0.717, 1.165) is 9.47 Å². The van der Waals surface area contributed by atoms with Crippen LogP contribution in [0, 0.1) is 0 Å². The second kappa shape index (κ2) is 7.89. The molecule has 0 aliphatic carbocycles. The Morgan fingerprint density at radius 1 is 0.926 bits per heavy atom. The van der Waals surface area contributed by atoms with E-state index < -0.39 is 0 Å². The lowest BCUT2D eigenvalue weighted by molar-refractivity contribution is 0.0664. The number of aromatic nitrogens is 2. The van der Waals surface area contributed by atoms with Gasteiger partial charge in [-0.05, 0) is 17.7 Å². The van der Waals surface area contributed by atoms with Crippen LogP contribution in [0.3, 0.4) is 0 Å². The predicted octanol–water partition coefficient (Wildman–Crippen LogP) is 3.54. The van der Waals surface area contributed by atoms with Crippen molar-refractivity contribution in [2.24, 2.45) is 0 Å². The summed E-state index contributed by atoms with van der Waals surface area (Å²) in [7, 11) is 0. The van der Waals surface area contributed by atoms with Gasteiger partial charge in [-0.2, -0.15) is 0 Å². The maximum atomic E-state index is 12.3. The number of nitrogens with zero attached hydrogens (tertiary/aromatic N) is 3. The highest BCUT2D eigenvalue weighted by atomic mass is 32.2. The largest absolute Gasteiger partial charge is 0.356 e. The highest BCUT2D eigenvalue weighted by Gasteiger charge is 2.34. The average Bonchev–Trinajstić information content (AvgIpc) is 3.26. The molecule has 0 bridgehead atoms. The van der Waals surface area contributed by atoms with E-state index in [1.54, 1.807) is 24.3 Å². The normalized spacial score (nSPS) is 13.1. The molecule has 1 aliphatic heterocycles. The number of hydrogen-bond donors (Lipinski definition) is 1. The molecular weight excluding hydrogens is 380 g/mol. The number of fused-ring (bicyclic) bond motifs is 1. The Labute approximate surface area is 164 Å². The first-order valence-corrected chi connectivity index (χ1v) is 10.2. The van der Waals surface area contributed by atoms with Gasteiger partial charge in [0, 0.05) is 18.8 Å². The minimum atomic E-state index is -0.223. The van der Waals surface area contributed by atoms with Crippen molar-refractivity contribution in [1.29, 1.82) is 0 Å². The van der Waals surface area contributed by atoms with Crippen LogP contribution in [0.4, 0.5) is 5.13 Å². The van der Waals surface area contributed by atoms with E-state index >= 15 is 0 Å². The Morgan fingerprint density at radius 2 is 1.59 bits per heavy atom. The summed E-state index contributed by atoms with van der Waals surface area (Å²) in [6, 6.07) is 17.0. The molecule has 1 N–H and O–H groups in total. The second-order valence-electron chi connectivity index (χ2n) is 5.87. The summed E-state index contributed by atoms with van der Waals surface area (Å²) in [6.45, 7) is 1.04. The fourth-order valence-electron chi connectivity index (χ4n) is 2.78. The number of benzene rings is 2. The van der Waals surface area contributed by atoms with E-state index in [1.165, 1.54) is 33.6 Å². The van der Waals surface area contributed by atoms with Crippen LogP contribution in [0.2, 0.25) is 0 Å². The number of carbonyl (C=O) groups excluding carboxylic acids is 2. The molecule has 0 atom stereocenters. The standard InChI is InChI=1S/C19H16N4O2S2/c24-16-14-8-4-5-9-15(14)17(25)23(16)10-11-26-19-22-21-18(27-19)20-12-13-6-2-1-3-7-13/h1-9H,10-12H2,(H,20,21). The fourth-order valence-corrected chi connectivity index (χ4v) is 4.52. The summed E-state index contributed by atoms with van der Waals surface area (Å²) in [5.41, 5.74) is 2.14. The smallest absolute Gasteiger partial charge is 0.261 e. The Bertz CT molecular complexity index is 940. The fraction of sp³-hybridized carbons (Fsp3) is 0.158. The first kappa shape index (κ1) is 17.7. The molecule has 0 fully saturated rings. The highest BCUT2D eigenvalue weighted by Crippen LogP contribution is 2.27. The van der Waals surface area contributed by atoms with E-state index in [0.29, 0.717) is 30.0 Å².